The van der Waals surface area contributed by atoms with Gasteiger partial charge in [0.25, 0.3) is 0 Å². The third-order valence-corrected chi connectivity index (χ3v) is 3.94. The van der Waals surface area contributed by atoms with Crippen molar-refractivity contribution in [2.45, 2.75) is 26.0 Å². The SMILES string of the molecule is Cc1cc(CC(NC(=O)OCc2ccccc2)C(=O)O)cs1. The Morgan fingerprint density at radius 2 is 2.00 bits per heavy atom. The van der Waals surface area contributed by atoms with Crippen LogP contribution in [0.2, 0.25) is 0 Å². The standard InChI is InChI=1S/C16H17NO4S/c1-11-7-13(10-22-11)8-14(15(18)19)17-16(20)21-9-12-5-3-2-4-6-12/h2-7,10,14H,8-9H2,1H3,(H,17,20)(H,18,19). The molecular formula is C16H17NO4S. The van der Waals surface area contributed by atoms with Crippen LogP contribution in [0.5, 0.6) is 0 Å². The summed E-state index contributed by atoms with van der Waals surface area (Å²) >= 11 is 1.55. The van der Waals surface area contributed by atoms with Gasteiger partial charge in [-0.25, -0.2) is 9.59 Å². The molecule has 1 aromatic carbocycles. The third kappa shape index (κ3) is 4.89. The van der Waals surface area contributed by atoms with Gasteiger partial charge in [0.05, 0.1) is 0 Å². The molecule has 0 radical (unpaired) electrons. The number of hydrogen-bond donors (Lipinski definition) is 2. The lowest BCUT2D eigenvalue weighted by molar-refractivity contribution is -0.139. The van der Waals surface area contributed by atoms with Gasteiger partial charge in [-0.15, -0.1) is 11.3 Å². The minimum Gasteiger partial charge on any atom is -0.480 e. The van der Waals surface area contributed by atoms with Gasteiger partial charge in [0.15, 0.2) is 0 Å². The summed E-state index contributed by atoms with van der Waals surface area (Å²) < 4.78 is 5.04. The van der Waals surface area contributed by atoms with Crippen molar-refractivity contribution in [2.24, 2.45) is 0 Å². The number of carboxylic acid groups (broad SMARTS) is 1. The van der Waals surface area contributed by atoms with E-state index in [1.807, 2.05) is 48.7 Å². The molecule has 1 amide bonds. The molecule has 2 aromatic rings. The molecule has 0 fully saturated rings. The topological polar surface area (TPSA) is 75.6 Å². The second kappa shape index (κ2) is 7.61. The van der Waals surface area contributed by atoms with Crippen LogP contribution in [0.1, 0.15) is 16.0 Å². The minimum atomic E-state index is -1.08. The smallest absolute Gasteiger partial charge is 0.408 e. The molecule has 6 heteroatoms. The van der Waals surface area contributed by atoms with E-state index in [0.717, 1.165) is 16.0 Å². The van der Waals surface area contributed by atoms with Crippen LogP contribution >= 0.6 is 11.3 Å². The van der Waals surface area contributed by atoms with Gasteiger partial charge >= 0.3 is 12.1 Å². The quantitative estimate of drug-likeness (QED) is 0.858. The van der Waals surface area contributed by atoms with E-state index in [1.54, 1.807) is 11.3 Å². The van der Waals surface area contributed by atoms with Crippen molar-refractivity contribution in [1.29, 1.82) is 0 Å². The number of amides is 1. The molecule has 2 N–H and O–H groups in total. The maximum Gasteiger partial charge on any atom is 0.408 e. The Balaban J connectivity index is 1.87. The molecule has 1 aromatic heterocycles. The van der Waals surface area contributed by atoms with E-state index < -0.39 is 18.1 Å². The molecule has 0 aliphatic heterocycles. The second-order valence-electron chi connectivity index (χ2n) is 4.87. The zero-order valence-corrected chi connectivity index (χ0v) is 12.9. The van der Waals surface area contributed by atoms with Gasteiger partial charge in [-0.1, -0.05) is 30.3 Å². The van der Waals surface area contributed by atoms with Gasteiger partial charge < -0.3 is 15.2 Å². The molecule has 5 nitrogen and oxygen atoms in total. The Kier molecular flexibility index (Phi) is 5.55. The van der Waals surface area contributed by atoms with Crippen molar-refractivity contribution in [1.82, 2.24) is 5.32 Å². The van der Waals surface area contributed by atoms with Crippen LogP contribution in [0.15, 0.2) is 41.8 Å². The van der Waals surface area contributed by atoms with E-state index in [4.69, 9.17) is 4.74 Å². The maximum absolute atomic E-state index is 11.7. The largest absolute Gasteiger partial charge is 0.480 e. The Morgan fingerprint density at radius 1 is 1.27 bits per heavy atom. The molecule has 0 saturated heterocycles. The van der Waals surface area contributed by atoms with Gasteiger partial charge in [0.1, 0.15) is 12.6 Å². The second-order valence-corrected chi connectivity index (χ2v) is 5.98. The van der Waals surface area contributed by atoms with Gasteiger partial charge in [-0.2, -0.15) is 0 Å². The molecule has 1 heterocycles. The first-order valence-electron chi connectivity index (χ1n) is 6.78. The zero-order chi connectivity index (χ0) is 15.9. The lowest BCUT2D eigenvalue weighted by atomic mass is 10.1. The van der Waals surface area contributed by atoms with Crippen LogP contribution in [0.25, 0.3) is 0 Å². The number of hydrogen-bond acceptors (Lipinski definition) is 4. The summed E-state index contributed by atoms with van der Waals surface area (Å²) in [7, 11) is 0. The zero-order valence-electron chi connectivity index (χ0n) is 12.1. The van der Waals surface area contributed by atoms with Gasteiger partial charge in [-0.05, 0) is 29.5 Å². The maximum atomic E-state index is 11.7. The average molecular weight is 319 g/mol. The fraction of sp³-hybridized carbons (Fsp3) is 0.250. The highest BCUT2D eigenvalue weighted by atomic mass is 32.1. The number of carbonyl (C=O) groups excluding carboxylic acids is 1. The summed E-state index contributed by atoms with van der Waals surface area (Å²) in [5.41, 5.74) is 1.73. The van der Waals surface area contributed by atoms with Crippen molar-refractivity contribution in [3.63, 3.8) is 0 Å². The number of thiophene rings is 1. The normalized spacial score (nSPS) is 11.7. The molecule has 2 rings (SSSR count). The number of nitrogens with one attached hydrogen (secondary N) is 1. The molecule has 0 saturated carbocycles. The molecule has 1 atom stereocenters. The number of aliphatic carboxylic acids is 1. The number of rotatable bonds is 6. The number of ether oxygens (including phenoxy) is 1. The first-order chi connectivity index (χ1) is 10.5. The van der Waals surface area contributed by atoms with E-state index >= 15 is 0 Å². The van der Waals surface area contributed by atoms with E-state index in [2.05, 4.69) is 5.32 Å². The highest BCUT2D eigenvalue weighted by molar-refractivity contribution is 7.10. The predicted molar refractivity (Wildman–Crippen MR) is 83.9 cm³/mol. The van der Waals surface area contributed by atoms with Crippen LogP contribution in [-0.2, 0) is 22.6 Å². The van der Waals surface area contributed by atoms with E-state index in [-0.39, 0.29) is 13.0 Å². The van der Waals surface area contributed by atoms with Crippen molar-refractivity contribution in [3.05, 3.63) is 57.8 Å². The Hall–Kier alpha value is -2.34. The fourth-order valence-electron chi connectivity index (χ4n) is 1.95. The number of carboxylic acids is 1. The molecular weight excluding hydrogens is 302 g/mol. The summed E-state index contributed by atoms with van der Waals surface area (Å²) in [5, 5.41) is 13.5. The number of benzene rings is 1. The first kappa shape index (κ1) is 16.0. The van der Waals surface area contributed by atoms with Crippen molar-refractivity contribution < 1.29 is 19.4 Å². The van der Waals surface area contributed by atoms with E-state index in [0.29, 0.717) is 0 Å². The summed E-state index contributed by atoms with van der Waals surface area (Å²) in [6.45, 7) is 2.06. The summed E-state index contributed by atoms with van der Waals surface area (Å²) in [4.78, 5) is 24.1. The Labute approximate surface area is 132 Å². The Bertz CT molecular complexity index is 639. The van der Waals surface area contributed by atoms with Crippen LogP contribution in [0.4, 0.5) is 4.79 Å². The van der Waals surface area contributed by atoms with Crippen LogP contribution in [0, 0.1) is 6.92 Å². The molecule has 22 heavy (non-hydrogen) atoms. The van der Waals surface area contributed by atoms with Gasteiger partial charge in [0, 0.05) is 11.3 Å². The number of aryl methyl sites for hydroxylation is 1. The van der Waals surface area contributed by atoms with Crippen LogP contribution < -0.4 is 5.32 Å². The monoisotopic (exact) mass is 319 g/mol. The lowest BCUT2D eigenvalue weighted by Gasteiger charge is -2.14. The fourth-order valence-corrected chi connectivity index (χ4v) is 2.67. The van der Waals surface area contributed by atoms with Crippen LogP contribution in [0.3, 0.4) is 0 Å². The van der Waals surface area contributed by atoms with Gasteiger partial charge in [-0.3, -0.25) is 0 Å². The highest BCUT2D eigenvalue weighted by Gasteiger charge is 2.21. The summed E-state index contributed by atoms with van der Waals surface area (Å²) in [6.07, 6.45) is -0.497. The summed E-state index contributed by atoms with van der Waals surface area (Å²) in [6, 6.07) is 10.1. The average Bonchev–Trinajstić information content (AvgIpc) is 2.91. The van der Waals surface area contributed by atoms with E-state index in [9.17, 15) is 14.7 Å². The summed E-state index contributed by atoms with van der Waals surface area (Å²) in [5.74, 6) is -1.08. The highest BCUT2D eigenvalue weighted by Crippen LogP contribution is 2.15. The first-order valence-corrected chi connectivity index (χ1v) is 7.66. The number of carbonyl (C=O) groups is 2. The van der Waals surface area contributed by atoms with Crippen molar-refractivity contribution in [3.8, 4) is 0 Å². The predicted octanol–water partition coefficient (Wildman–Crippen LogP) is 2.98. The molecule has 0 spiro atoms. The number of alkyl carbamates (subject to hydrolysis) is 1. The van der Waals surface area contributed by atoms with Crippen molar-refractivity contribution >= 4 is 23.4 Å². The molecule has 0 aliphatic rings. The van der Waals surface area contributed by atoms with Crippen molar-refractivity contribution in [2.75, 3.05) is 0 Å². The van der Waals surface area contributed by atoms with Crippen LogP contribution in [-0.4, -0.2) is 23.2 Å². The lowest BCUT2D eigenvalue weighted by Crippen LogP contribution is -2.42. The Morgan fingerprint density at radius 3 is 2.59 bits per heavy atom. The molecule has 116 valence electrons. The van der Waals surface area contributed by atoms with Gasteiger partial charge in [0.2, 0.25) is 0 Å². The molecule has 0 aliphatic carbocycles. The van der Waals surface area contributed by atoms with E-state index in [1.165, 1.54) is 0 Å². The third-order valence-electron chi connectivity index (χ3n) is 3.03. The molecule has 1 unspecified atom stereocenters. The molecule has 0 bridgehead atoms. The minimum absolute atomic E-state index is 0.108.